The first-order valence-electron chi connectivity index (χ1n) is 7.53. The second-order valence-electron chi connectivity index (χ2n) is 5.45. The third-order valence-corrected chi connectivity index (χ3v) is 4.00. The van der Waals surface area contributed by atoms with E-state index in [-0.39, 0.29) is 12.6 Å². The van der Waals surface area contributed by atoms with E-state index in [0.29, 0.717) is 5.56 Å². The van der Waals surface area contributed by atoms with Gasteiger partial charge in [-0.05, 0) is 18.2 Å². The summed E-state index contributed by atoms with van der Waals surface area (Å²) in [6.07, 6.45) is 0. The van der Waals surface area contributed by atoms with Gasteiger partial charge in [-0.3, -0.25) is 0 Å². The summed E-state index contributed by atoms with van der Waals surface area (Å²) in [6.45, 7) is 0.248. The van der Waals surface area contributed by atoms with Gasteiger partial charge in [0.05, 0.1) is 11.1 Å². The predicted molar refractivity (Wildman–Crippen MR) is 91.4 cm³/mol. The van der Waals surface area contributed by atoms with Crippen LogP contribution in [-0.2, 0) is 11.3 Å². The molecule has 3 aromatic carbocycles. The molecule has 4 aromatic rings. The SMILES string of the molecule is O=C(OCc1cccc2c1[nH]c1ccccc12)c1ccccc1. The molecule has 0 aliphatic heterocycles. The van der Waals surface area contributed by atoms with Gasteiger partial charge in [-0.1, -0.05) is 54.6 Å². The maximum atomic E-state index is 12.1. The van der Waals surface area contributed by atoms with Gasteiger partial charge >= 0.3 is 5.97 Å². The van der Waals surface area contributed by atoms with Crippen LogP contribution >= 0.6 is 0 Å². The van der Waals surface area contributed by atoms with E-state index < -0.39 is 0 Å². The maximum Gasteiger partial charge on any atom is 0.338 e. The minimum absolute atomic E-state index is 0.248. The summed E-state index contributed by atoms with van der Waals surface area (Å²) >= 11 is 0. The number of fused-ring (bicyclic) bond motifs is 3. The molecular formula is C20H15NO2. The molecule has 4 rings (SSSR count). The van der Waals surface area contributed by atoms with Gasteiger partial charge in [0.1, 0.15) is 6.61 Å². The average Bonchev–Trinajstić information content (AvgIpc) is 3.00. The molecule has 0 aliphatic carbocycles. The van der Waals surface area contributed by atoms with Gasteiger partial charge in [-0.25, -0.2) is 4.79 Å². The van der Waals surface area contributed by atoms with Crippen LogP contribution in [0.5, 0.6) is 0 Å². The normalized spacial score (nSPS) is 11.0. The van der Waals surface area contributed by atoms with Crippen LogP contribution in [-0.4, -0.2) is 11.0 Å². The minimum atomic E-state index is -0.307. The number of hydrogen-bond donors (Lipinski definition) is 1. The molecule has 0 aliphatic rings. The monoisotopic (exact) mass is 301 g/mol. The number of ether oxygens (including phenoxy) is 1. The molecule has 3 nitrogen and oxygen atoms in total. The number of para-hydroxylation sites is 2. The molecule has 0 fully saturated rings. The zero-order valence-electron chi connectivity index (χ0n) is 12.5. The molecule has 0 unspecified atom stereocenters. The first-order chi connectivity index (χ1) is 11.3. The van der Waals surface area contributed by atoms with Gasteiger partial charge in [0.2, 0.25) is 0 Å². The Morgan fingerprint density at radius 1 is 0.826 bits per heavy atom. The van der Waals surface area contributed by atoms with Crippen molar-refractivity contribution in [3.05, 3.63) is 83.9 Å². The van der Waals surface area contributed by atoms with Crippen molar-refractivity contribution in [1.29, 1.82) is 0 Å². The summed E-state index contributed by atoms with van der Waals surface area (Å²) < 4.78 is 5.46. The van der Waals surface area contributed by atoms with Crippen LogP contribution in [0.3, 0.4) is 0 Å². The first kappa shape index (κ1) is 13.6. The number of hydrogen-bond acceptors (Lipinski definition) is 2. The number of nitrogens with one attached hydrogen (secondary N) is 1. The molecule has 112 valence electrons. The summed E-state index contributed by atoms with van der Waals surface area (Å²) in [6, 6.07) is 23.3. The number of rotatable bonds is 3. The highest BCUT2D eigenvalue weighted by atomic mass is 16.5. The highest BCUT2D eigenvalue weighted by molar-refractivity contribution is 6.08. The van der Waals surface area contributed by atoms with E-state index in [1.54, 1.807) is 12.1 Å². The molecule has 1 N–H and O–H groups in total. The van der Waals surface area contributed by atoms with Crippen LogP contribution in [0.25, 0.3) is 21.8 Å². The van der Waals surface area contributed by atoms with Crippen LogP contribution in [0.15, 0.2) is 72.8 Å². The number of aromatic nitrogens is 1. The fourth-order valence-electron chi connectivity index (χ4n) is 2.85. The van der Waals surface area contributed by atoms with Crippen molar-refractivity contribution in [3.8, 4) is 0 Å². The lowest BCUT2D eigenvalue weighted by atomic mass is 10.1. The van der Waals surface area contributed by atoms with Crippen molar-refractivity contribution >= 4 is 27.8 Å². The second kappa shape index (κ2) is 5.61. The standard InChI is InChI=1S/C20H15NO2/c22-20(14-7-2-1-3-8-14)23-13-15-9-6-11-17-16-10-4-5-12-18(16)21-19(15)17/h1-12,21H,13H2. The molecule has 3 heteroatoms. The Morgan fingerprint density at radius 2 is 1.57 bits per heavy atom. The Kier molecular flexibility index (Phi) is 3.31. The van der Waals surface area contributed by atoms with Gasteiger partial charge < -0.3 is 9.72 Å². The van der Waals surface area contributed by atoms with Gasteiger partial charge in [0, 0.05) is 21.9 Å². The molecule has 0 atom stereocenters. The molecule has 0 bridgehead atoms. The fraction of sp³-hybridized carbons (Fsp3) is 0.0500. The number of aromatic amines is 1. The zero-order chi connectivity index (χ0) is 15.6. The average molecular weight is 301 g/mol. The number of carbonyl (C=O) groups excluding carboxylic acids is 1. The van der Waals surface area contributed by atoms with Crippen LogP contribution in [0.2, 0.25) is 0 Å². The summed E-state index contributed by atoms with van der Waals surface area (Å²) in [5.74, 6) is -0.307. The molecular weight excluding hydrogens is 286 g/mol. The van der Waals surface area contributed by atoms with Gasteiger partial charge in [-0.15, -0.1) is 0 Å². The van der Waals surface area contributed by atoms with Crippen LogP contribution in [0.4, 0.5) is 0 Å². The lowest BCUT2D eigenvalue weighted by Crippen LogP contribution is -2.05. The Balaban J connectivity index is 1.66. The number of benzene rings is 3. The largest absolute Gasteiger partial charge is 0.457 e. The van der Waals surface area contributed by atoms with Crippen molar-refractivity contribution in [2.24, 2.45) is 0 Å². The number of H-pyrrole nitrogens is 1. The van der Waals surface area contributed by atoms with E-state index in [2.05, 4.69) is 23.2 Å². The van der Waals surface area contributed by atoms with E-state index in [1.165, 1.54) is 5.39 Å². The highest BCUT2D eigenvalue weighted by Crippen LogP contribution is 2.27. The topological polar surface area (TPSA) is 42.1 Å². The van der Waals surface area contributed by atoms with Crippen molar-refractivity contribution in [2.75, 3.05) is 0 Å². The van der Waals surface area contributed by atoms with Gasteiger partial charge in [0.15, 0.2) is 0 Å². The van der Waals surface area contributed by atoms with E-state index in [0.717, 1.165) is 22.0 Å². The summed E-state index contributed by atoms with van der Waals surface area (Å²) in [5, 5.41) is 2.33. The second-order valence-corrected chi connectivity index (χ2v) is 5.45. The smallest absolute Gasteiger partial charge is 0.338 e. The molecule has 1 aromatic heterocycles. The lowest BCUT2D eigenvalue weighted by molar-refractivity contribution is 0.0474. The Labute approximate surface area is 133 Å². The summed E-state index contributed by atoms with van der Waals surface area (Å²) in [7, 11) is 0. The van der Waals surface area contributed by atoms with E-state index in [9.17, 15) is 4.79 Å². The van der Waals surface area contributed by atoms with Crippen molar-refractivity contribution < 1.29 is 9.53 Å². The Bertz CT molecular complexity index is 986. The number of esters is 1. The third kappa shape index (κ3) is 2.46. The predicted octanol–water partition coefficient (Wildman–Crippen LogP) is 4.68. The van der Waals surface area contributed by atoms with E-state index in [4.69, 9.17) is 4.74 Å². The molecule has 0 amide bonds. The Morgan fingerprint density at radius 3 is 2.43 bits per heavy atom. The highest BCUT2D eigenvalue weighted by Gasteiger charge is 2.10. The van der Waals surface area contributed by atoms with Crippen LogP contribution in [0, 0.1) is 0 Å². The number of carbonyl (C=O) groups is 1. The molecule has 0 saturated carbocycles. The fourth-order valence-corrected chi connectivity index (χ4v) is 2.85. The Hall–Kier alpha value is -3.07. The molecule has 0 spiro atoms. The zero-order valence-corrected chi connectivity index (χ0v) is 12.5. The first-order valence-corrected chi connectivity index (χ1v) is 7.53. The summed E-state index contributed by atoms with van der Waals surface area (Å²) in [4.78, 5) is 15.5. The lowest BCUT2D eigenvalue weighted by Gasteiger charge is -2.06. The third-order valence-electron chi connectivity index (χ3n) is 4.00. The molecule has 1 heterocycles. The van der Waals surface area contributed by atoms with E-state index in [1.807, 2.05) is 42.5 Å². The van der Waals surface area contributed by atoms with Gasteiger partial charge in [-0.2, -0.15) is 0 Å². The van der Waals surface area contributed by atoms with Crippen molar-refractivity contribution in [1.82, 2.24) is 4.98 Å². The van der Waals surface area contributed by atoms with Crippen molar-refractivity contribution in [3.63, 3.8) is 0 Å². The molecule has 0 radical (unpaired) electrons. The minimum Gasteiger partial charge on any atom is -0.457 e. The van der Waals surface area contributed by atoms with E-state index >= 15 is 0 Å². The molecule has 23 heavy (non-hydrogen) atoms. The van der Waals surface area contributed by atoms with Crippen LogP contribution < -0.4 is 0 Å². The van der Waals surface area contributed by atoms with Gasteiger partial charge in [0.25, 0.3) is 0 Å². The quantitative estimate of drug-likeness (QED) is 0.558. The van der Waals surface area contributed by atoms with Crippen molar-refractivity contribution in [2.45, 2.75) is 6.61 Å². The maximum absolute atomic E-state index is 12.1. The van der Waals surface area contributed by atoms with Crippen LogP contribution in [0.1, 0.15) is 15.9 Å². The summed E-state index contributed by atoms with van der Waals surface area (Å²) in [5.41, 5.74) is 3.65. The molecule has 0 saturated heterocycles.